The Morgan fingerprint density at radius 1 is 1.64 bits per heavy atom. The summed E-state index contributed by atoms with van der Waals surface area (Å²) in [5, 5.41) is 3.18. The zero-order chi connectivity index (χ0) is 9.97. The highest BCUT2D eigenvalue weighted by atomic mass is 15.1. The molecule has 2 heterocycles. The molecule has 0 amide bonds. The Bertz CT molecular complexity index is 303. The summed E-state index contributed by atoms with van der Waals surface area (Å²) in [6.45, 7) is 4.53. The quantitative estimate of drug-likeness (QED) is 0.782. The van der Waals surface area contributed by atoms with E-state index < -0.39 is 0 Å². The summed E-state index contributed by atoms with van der Waals surface area (Å²) in [6.07, 6.45) is 5.59. The van der Waals surface area contributed by atoms with Crippen molar-refractivity contribution in [2.24, 2.45) is 5.92 Å². The second-order valence-electron chi connectivity index (χ2n) is 4.27. The standard InChI is InChI=1S/C11H19N3/c1-9-3-4-11-13-7-10(5-6-12-2)14(11)8-9/h7,9,12H,3-6,8H2,1-2H3. The Hall–Kier alpha value is -0.830. The molecule has 1 unspecified atom stereocenters. The van der Waals surface area contributed by atoms with E-state index in [1.807, 2.05) is 13.2 Å². The number of hydrogen-bond acceptors (Lipinski definition) is 2. The number of imidazole rings is 1. The fraction of sp³-hybridized carbons (Fsp3) is 0.727. The monoisotopic (exact) mass is 193 g/mol. The molecular weight excluding hydrogens is 174 g/mol. The van der Waals surface area contributed by atoms with Gasteiger partial charge in [0.25, 0.3) is 0 Å². The SMILES string of the molecule is CNCCc1cnc2n1CC(C)CC2. The number of fused-ring (bicyclic) bond motifs is 1. The maximum atomic E-state index is 4.48. The van der Waals surface area contributed by atoms with Gasteiger partial charge in [0, 0.05) is 37.8 Å². The number of nitrogens with one attached hydrogen (secondary N) is 1. The third kappa shape index (κ3) is 1.82. The van der Waals surface area contributed by atoms with Crippen molar-refractivity contribution in [3.05, 3.63) is 17.7 Å². The fourth-order valence-corrected chi connectivity index (χ4v) is 2.11. The lowest BCUT2D eigenvalue weighted by atomic mass is 10.0. The summed E-state index contributed by atoms with van der Waals surface area (Å²) < 4.78 is 2.41. The molecule has 0 radical (unpaired) electrons. The van der Waals surface area contributed by atoms with Gasteiger partial charge in [-0.05, 0) is 19.4 Å². The Labute approximate surface area is 85.5 Å². The van der Waals surface area contributed by atoms with Crippen LogP contribution in [0.15, 0.2) is 6.20 Å². The molecule has 3 heteroatoms. The number of hydrogen-bond donors (Lipinski definition) is 1. The van der Waals surface area contributed by atoms with Gasteiger partial charge in [-0.25, -0.2) is 4.98 Å². The zero-order valence-corrected chi connectivity index (χ0v) is 9.08. The topological polar surface area (TPSA) is 29.9 Å². The number of nitrogens with zero attached hydrogens (tertiary/aromatic N) is 2. The molecule has 0 spiro atoms. The zero-order valence-electron chi connectivity index (χ0n) is 9.08. The molecule has 2 rings (SSSR count). The van der Waals surface area contributed by atoms with E-state index >= 15 is 0 Å². The molecule has 3 nitrogen and oxygen atoms in total. The molecule has 78 valence electrons. The van der Waals surface area contributed by atoms with Crippen LogP contribution in [0.1, 0.15) is 24.9 Å². The van der Waals surface area contributed by atoms with Crippen LogP contribution in [-0.4, -0.2) is 23.1 Å². The van der Waals surface area contributed by atoms with Crippen molar-refractivity contribution in [1.29, 1.82) is 0 Å². The third-order valence-corrected chi connectivity index (χ3v) is 3.01. The van der Waals surface area contributed by atoms with E-state index in [0.717, 1.165) is 31.8 Å². The molecule has 0 fully saturated rings. The van der Waals surface area contributed by atoms with E-state index in [1.54, 1.807) is 0 Å². The third-order valence-electron chi connectivity index (χ3n) is 3.01. The van der Waals surface area contributed by atoms with Crippen molar-refractivity contribution >= 4 is 0 Å². The summed E-state index contributed by atoms with van der Waals surface area (Å²) in [6, 6.07) is 0. The molecule has 1 N–H and O–H groups in total. The van der Waals surface area contributed by atoms with E-state index in [2.05, 4.69) is 21.8 Å². The Morgan fingerprint density at radius 3 is 3.29 bits per heavy atom. The highest BCUT2D eigenvalue weighted by Gasteiger charge is 2.17. The van der Waals surface area contributed by atoms with Crippen molar-refractivity contribution in [1.82, 2.24) is 14.9 Å². The van der Waals surface area contributed by atoms with E-state index in [4.69, 9.17) is 0 Å². The number of aromatic nitrogens is 2. The fourth-order valence-electron chi connectivity index (χ4n) is 2.11. The van der Waals surface area contributed by atoms with Gasteiger partial charge in [-0.15, -0.1) is 0 Å². The first-order valence-corrected chi connectivity index (χ1v) is 5.49. The van der Waals surface area contributed by atoms with Crippen molar-refractivity contribution in [3.8, 4) is 0 Å². The van der Waals surface area contributed by atoms with Crippen LogP contribution in [0.5, 0.6) is 0 Å². The summed E-state index contributed by atoms with van der Waals surface area (Å²) >= 11 is 0. The first kappa shape index (κ1) is 9.71. The van der Waals surface area contributed by atoms with Gasteiger partial charge in [0.2, 0.25) is 0 Å². The van der Waals surface area contributed by atoms with Crippen LogP contribution in [0.2, 0.25) is 0 Å². The average Bonchev–Trinajstić information content (AvgIpc) is 2.57. The maximum Gasteiger partial charge on any atom is 0.108 e. The van der Waals surface area contributed by atoms with E-state index in [9.17, 15) is 0 Å². The molecule has 0 bridgehead atoms. The normalized spacial score (nSPS) is 20.9. The van der Waals surface area contributed by atoms with Crippen molar-refractivity contribution in [2.45, 2.75) is 32.7 Å². The molecule has 14 heavy (non-hydrogen) atoms. The second kappa shape index (κ2) is 4.13. The second-order valence-corrected chi connectivity index (χ2v) is 4.27. The van der Waals surface area contributed by atoms with Crippen molar-refractivity contribution < 1.29 is 0 Å². The molecule has 0 saturated carbocycles. The summed E-state index contributed by atoms with van der Waals surface area (Å²) in [7, 11) is 2.00. The van der Waals surface area contributed by atoms with Crippen molar-refractivity contribution in [2.75, 3.05) is 13.6 Å². The van der Waals surface area contributed by atoms with Crippen LogP contribution in [0, 0.1) is 5.92 Å². The molecular formula is C11H19N3. The maximum absolute atomic E-state index is 4.48. The molecule has 1 aliphatic heterocycles. The van der Waals surface area contributed by atoms with Crippen LogP contribution in [0.3, 0.4) is 0 Å². The van der Waals surface area contributed by atoms with Gasteiger partial charge in [0.05, 0.1) is 0 Å². The van der Waals surface area contributed by atoms with Gasteiger partial charge in [0.15, 0.2) is 0 Å². The van der Waals surface area contributed by atoms with Gasteiger partial charge in [-0.3, -0.25) is 0 Å². The Morgan fingerprint density at radius 2 is 2.50 bits per heavy atom. The first-order chi connectivity index (χ1) is 6.81. The van der Waals surface area contributed by atoms with Crippen LogP contribution < -0.4 is 5.32 Å². The minimum Gasteiger partial charge on any atom is -0.332 e. The molecule has 1 aromatic rings. The highest BCUT2D eigenvalue weighted by Crippen LogP contribution is 2.20. The highest BCUT2D eigenvalue weighted by molar-refractivity contribution is 5.08. The Kier molecular flexibility index (Phi) is 2.87. The van der Waals surface area contributed by atoms with E-state index in [-0.39, 0.29) is 0 Å². The van der Waals surface area contributed by atoms with Crippen LogP contribution in [0.4, 0.5) is 0 Å². The summed E-state index contributed by atoms with van der Waals surface area (Å²) in [5.41, 5.74) is 1.39. The molecule has 1 aliphatic rings. The van der Waals surface area contributed by atoms with E-state index in [0.29, 0.717) is 0 Å². The number of aryl methyl sites for hydroxylation is 1. The molecule has 0 aliphatic carbocycles. The minimum absolute atomic E-state index is 0.810. The molecule has 0 aromatic carbocycles. The Balaban J connectivity index is 2.13. The van der Waals surface area contributed by atoms with Crippen LogP contribution >= 0.6 is 0 Å². The van der Waals surface area contributed by atoms with Gasteiger partial charge in [-0.1, -0.05) is 6.92 Å². The predicted octanol–water partition coefficient (Wildman–Crippen LogP) is 1.23. The first-order valence-electron chi connectivity index (χ1n) is 5.49. The van der Waals surface area contributed by atoms with Gasteiger partial charge in [0.1, 0.15) is 5.82 Å². The van der Waals surface area contributed by atoms with E-state index in [1.165, 1.54) is 17.9 Å². The predicted molar refractivity (Wildman–Crippen MR) is 57.3 cm³/mol. The number of likely N-dealkylation sites (N-methyl/N-ethyl adjacent to an activating group) is 1. The van der Waals surface area contributed by atoms with Gasteiger partial charge < -0.3 is 9.88 Å². The largest absolute Gasteiger partial charge is 0.332 e. The van der Waals surface area contributed by atoms with Gasteiger partial charge in [-0.2, -0.15) is 0 Å². The smallest absolute Gasteiger partial charge is 0.108 e. The lowest BCUT2D eigenvalue weighted by molar-refractivity contribution is 0.386. The molecule has 1 atom stereocenters. The minimum atomic E-state index is 0.810. The van der Waals surface area contributed by atoms with Gasteiger partial charge >= 0.3 is 0 Å². The average molecular weight is 193 g/mol. The number of rotatable bonds is 3. The lowest BCUT2D eigenvalue weighted by Gasteiger charge is -2.22. The summed E-state index contributed by atoms with van der Waals surface area (Å²) in [4.78, 5) is 4.48. The van der Waals surface area contributed by atoms with Crippen LogP contribution in [0.25, 0.3) is 0 Å². The van der Waals surface area contributed by atoms with Crippen molar-refractivity contribution in [3.63, 3.8) is 0 Å². The molecule has 0 saturated heterocycles. The lowest BCUT2D eigenvalue weighted by Crippen LogP contribution is -2.21. The van der Waals surface area contributed by atoms with Crippen LogP contribution in [-0.2, 0) is 19.4 Å². The summed E-state index contributed by atoms with van der Waals surface area (Å²) in [5.74, 6) is 2.10. The molecule has 1 aromatic heterocycles.